The van der Waals surface area contributed by atoms with Gasteiger partial charge >= 0.3 is 5.97 Å². The Labute approximate surface area is 150 Å². The van der Waals surface area contributed by atoms with E-state index in [0.29, 0.717) is 17.2 Å². The molecule has 1 aliphatic rings. The molecule has 0 radical (unpaired) electrons. The van der Waals surface area contributed by atoms with Crippen molar-refractivity contribution in [1.82, 2.24) is 0 Å². The number of phenols is 1. The first-order valence-electron chi connectivity index (χ1n) is 9.18. The van der Waals surface area contributed by atoms with Crippen LogP contribution in [0.3, 0.4) is 0 Å². The molecule has 2 rings (SSSR count). The van der Waals surface area contributed by atoms with Crippen molar-refractivity contribution in [2.45, 2.75) is 59.4 Å². The number of nitrogens with zero attached hydrogens (tertiary/aromatic N) is 1. The molecule has 0 saturated heterocycles. The third-order valence-corrected chi connectivity index (χ3v) is 4.86. The van der Waals surface area contributed by atoms with Crippen LogP contribution in [0.5, 0.6) is 5.75 Å². The lowest BCUT2D eigenvalue weighted by Gasteiger charge is -2.34. The minimum absolute atomic E-state index is 0.0260. The molecule has 25 heavy (non-hydrogen) atoms. The van der Waals surface area contributed by atoms with Gasteiger partial charge in [0, 0.05) is 18.0 Å². The second kappa shape index (κ2) is 8.37. The van der Waals surface area contributed by atoms with E-state index in [-0.39, 0.29) is 30.2 Å². The monoisotopic (exact) mass is 347 g/mol. The summed E-state index contributed by atoms with van der Waals surface area (Å²) in [7, 11) is 0. The van der Waals surface area contributed by atoms with Crippen LogP contribution in [0.1, 0.15) is 63.7 Å². The molecule has 5 heteroatoms. The van der Waals surface area contributed by atoms with E-state index in [4.69, 9.17) is 4.74 Å². The maximum atomic E-state index is 13.2. The van der Waals surface area contributed by atoms with E-state index in [1.54, 1.807) is 11.8 Å². The fourth-order valence-electron chi connectivity index (χ4n) is 3.46. The van der Waals surface area contributed by atoms with Gasteiger partial charge in [-0.15, -0.1) is 0 Å². The standard InChI is InChI=1S/C20H29NO4/c1-5-25-20(24)17-11-10-16(22)12-18(17)21(13(2)3)19(23)15-8-6-14(4)7-9-15/h10-15,22H,5-9H2,1-4H3/t14-,15-. The maximum Gasteiger partial charge on any atom is 0.340 e. The highest BCUT2D eigenvalue weighted by Crippen LogP contribution is 2.34. The molecule has 0 heterocycles. The molecule has 1 aromatic carbocycles. The van der Waals surface area contributed by atoms with E-state index in [1.165, 1.54) is 18.2 Å². The van der Waals surface area contributed by atoms with E-state index in [9.17, 15) is 14.7 Å². The van der Waals surface area contributed by atoms with Crippen molar-refractivity contribution < 1.29 is 19.4 Å². The average molecular weight is 347 g/mol. The van der Waals surface area contributed by atoms with E-state index in [2.05, 4.69) is 6.92 Å². The molecule has 0 atom stereocenters. The first-order chi connectivity index (χ1) is 11.8. The number of hydrogen-bond acceptors (Lipinski definition) is 4. The van der Waals surface area contributed by atoms with Gasteiger partial charge in [-0.25, -0.2) is 4.79 Å². The van der Waals surface area contributed by atoms with Crippen molar-refractivity contribution in [2.24, 2.45) is 11.8 Å². The number of rotatable bonds is 5. The van der Waals surface area contributed by atoms with Gasteiger partial charge in [0.25, 0.3) is 0 Å². The van der Waals surface area contributed by atoms with Gasteiger partial charge in [0.2, 0.25) is 5.91 Å². The quantitative estimate of drug-likeness (QED) is 0.813. The Morgan fingerprint density at radius 1 is 1.24 bits per heavy atom. The zero-order valence-electron chi connectivity index (χ0n) is 15.6. The van der Waals surface area contributed by atoms with Crippen LogP contribution in [0.15, 0.2) is 18.2 Å². The Bertz CT molecular complexity index is 618. The molecule has 0 bridgehead atoms. The smallest absolute Gasteiger partial charge is 0.340 e. The molecule has 0 aromatic heterocycles. The third-order valence-electron chi connectivity index (χ3n) is 4.86. The number of esters is 1. The molecule has 1 aromatic rings. The van der Waals surface area contributed by atoms with E-state index >= 15 is 0 Å². The van der Waals surface area contributed by atoms with Crippen molar-refractivity contribution in [2.75, 3.05) is 11.5 Å². The number of hydrogen-bond donors (Lipinski definition) is 1. The second-order valence-corrected chi connectivity index (χ2v) is 7.18. The SMILES string of the molecule is CCOC(=O)c1ccc(O)cc1N(C(=O)[C@H]1CC[C@H](C)CC1)C(C)C. The summed E-state index contributed by atoms with van der Waals surface area (Å²) < 4.78 is 5.12. The predicted molar refractivity (Wildman–Crippen MR) is 97.8 cm³/mol. The number of phenolic OH excluding ortho intramolecular Hbond substituents is 1. The minimum Gasteiger partial charge on any atom is -0.508 e. The van der Waals surface area contributed by atoms with Crippen LogP contribution in [0.2, 0.25) is 0 Å². The summed E-state index contributed by atoms with van der Waals surface area (Å²) in [4.78, 5) is 27.1. The number of aromatic hydroxyl groups is 1. The number of carbonyl (C=O) groups is 2. The molecule has 1 amide bonds. The van der Waals surface area contributed by atoms with Crippen LogP contribution in [0.4, 0.5) is 5.69 Å². The van der Waals surface area contributed by atoms with Gasteiger partial charge in [0.1, 0.15) is 5.75 Å². The summed E-state index contributed by atoms with van der Waals surface area (Å²) in [5, 5.41) is 9.92. The summed E-state index contributed by atoms with van der Waals surface area (Å²) >= 11 is 0. The van der Waals surface area contributed by atoms with E-state index in [1.807, 2.05) is 13.8 Å². The van der Waals surface area contributed by atoms with Crippen molar-refractivity contribution in [3.05, 3.63) is 23.8 Å². The Morgan fingerprint density at radius 3 is 2.44 bits per heavy atom. The van der Waals surface area contributed by atoms with Crippen molar-refractivity contribution in [1.29, 1.82) is 0 Å². The summed E-state index contributed by atoms with van der Waals surface area (Å²) in [6.07, 6.45) is 3.84. The van der Waals surface area contributed by atoms with Crippen LogP contribution < -0.4 is 4.90 Å². The normalized spacial score (nSPS) is 20.4. The van der Waals surface area contributed by atoms with Crippen molar-refractivity contribution in [3.8, 4) is 5.75 Å². The minimum atomic E-state index is -0.479. The Hall–Kier alpha value is -2.04. The van der Waals surface area contributed by atoms with Gasteiger partial charge in [0.15, 0.2) is 0 Å². The number of benzene rings is 1. The first kappa shape index (κ1) is 19.3. The Balaban J connectivity index is 2.38. The molecule has 1 aliphatic carbocycles. The summed E-state index contributed by atoms with van der Waals surface area (Å²) in [5.41, 5.74) is 0.739. The summed E-state index contributed by atoms with van der Waals surface area (Å²) in [6.45, 7) is 8.06. The zero-order valence-corrected chi connectivity index (χ0v) is 15.6. The number of amides is 1. The molecule has 1 N–H and O–H groups in total. The lowest BCUT2D eigenvalue weighted by atomic mass is 9.82. The number of ether oxygens (including phenoxy) is 1. The number of carbonyl (C=O) groups excluding carboxylic acids is 2. The first-order valence-corrected chi connectivity index (χ1v) is 9.18. The van der Waals surface area contributed by atoms with Gasteiger partial charge in [-0.2, -0.15) is 0 Å². The Kier molecular flexibility index (Phi) is 6.45. The van der Waals surface area contributed by atoms with E-state index in [0.717, 1.165) is 25.7 Å². The third kappa shape index (κ3) is 4.53. The molecule has 1 fully saturated rings. The van der Waals surface area contributed by atoms with Gasteiger partial charge in [-0.3, -0.25) is 4.79 Å². The van der Waals surface area contributed by atoms with Crippen LogP contribution >= 0.6 is 0 Å². The second-order valence-electron chi connectivity index (χ2n) is 7.18. The van der Waals surface area contributed by atoms with Crippen molar-refractivity contribution in [3.63, 3.8) is 0 Å². The Morgan fingerprint density at radius 2 is 1.88 bits per heavy atom. The molecule has 0 spiro atoms. The fourth-order valence-corrected chi connectivity index (χ4v) is 3.46. The zero-order chi connectivity index (χ0) is 18.6. The maximum absolute atomic E-state index is 13.2. The lowest BCUT2D eigenvalue weighted by Crippen LogP contribution is -2.43. The molecule has 1 saturated carbocycles. The summed E-state index contributed by atoms with van der Waals surface area (Å²) in [5.74, 6) is 0.202. The highest BCUT2D eigenvalue weighted by Gasteiger charge is 2.32. The predicted octanol–water partition coefficient (Wildman–Crippen LogP) is 4.14. The van der Waals surface area contributed by atoms with Gasteiger partial charge in [0.05, 0.1) is 17.9 Å². The summed E-state index contributed by atoms with van der Waals surface area (Å²) in [6, 6.07) is 4.33. The highest BCUT2D eigenvalue weighted by molar-refractivity contribution is 6.04. The van der Waals surface area contributed by atoms with Crippen LogP contribution in [0.25, 0.3) is 0 Å². The largest absolute Gasteiger partial charge is 0.508 e. The topological polar surface area (TPSA) is 66.8 Å². The van der Waals surface area contributed by atoms with Crippen LogP contribution in [-0.2, 0) is 9.53 Å². The van der Waals surface area contributed by atoms with Crippen molar-refractivity contribution >= 4 is 17.6 Å². The van der Waals surface area contributed by atoms with Gasteiger partial charge in [-0.05, 0) is 64.5 Å². The van der Waals surface area contributed by atoms with Crippen LogP contribution in [-0.4, -0.2) is 29.6 Å². The lowest BCUT2D eigenvalue weighted by molar-refractivity contribution is -0.123. The van der Waals surface area contributed by atoms with Gasteiger partial charge < -0.3 is 14.7 Å². The molecule has 138 valence electrons. The highest BCUT2D eigenvalue weighted by atomic mass is 16.5. The molecule has 0 unspecified atom stereocenters. The molecule has 5 nitrogen and oxygen atoms in total. The average Bonchev–Trinajstić information content (AvgIpc) is 2.55. The van der Waals surface area contributed by atoms with Crippen LogP contribution in [0, 0.1) is 11.8 Å². The van der Waals surface area contributed by atoms with Gasteiger partial charge in [-0.1, -0.05) is 6.92 Å². The van der Waals surface area contributed by atoms with E-state index < -0.39 is 5.97 Å². The molecular formula is C20H29NO4. The molecular weight excluding hydrogens is 318 g/mol. The number of anilines is 1. The molecule has 0 aliphatic heterocycles. The fraction of sp³-hybridized carbons (Fsp3) is 0.600.